The van der Waals surface area contributed by atoms with Crippen molar-refractivity contribution in [3.63, 3.8) is 0 Å². The summed E-state index contributed by atoms with van der Waals surface area (Å²) in [6, 6.07) is 11.8. The smallest absolute Gasteiger partial charge is 0.263 e. The van der Waals surface area contributed by atoms with E-state index in [-0.39, 0.29) is 12.1 Å². The van der Waals surface area contributed by atoms with Crippen molar-refractivity contribution in [2.24, 2.45) is 0 Å². The van der Waals surface area contributed by atoms with E-state index < -0.39 is 29.1 Å². The number of nitrogens with one attached hydrogen (secondary N) is 2. The van der Waals surface area contributed by atoms with Crippen molar-refractivity contribution in [3.8, 4) is 0 Å². The van der Waals surface area contributed by atoms with Crippen LogP contribution in [0.15, 0.2) is 65.7 Å². The highest BCUT2D eigenvalue weighted by Gasteiger charge is 2.18. The van der Waals surface area contributed by atoms with Crippen molar-refractivity contribution in [2.45, 2.75) is 38.4 Å². The molecule has 8 nitrogen and oxygen atoms in total. The SMILES string of the molecule is C[C@H](c1ccc(F)c(F)c1)n1cccc(C(=O)NCc2ccc3ncc(NC4CCN(C)CC4)nc3c2)c1=O. The molecule has 0 bridgehead atoms. The lowest BCUT2D eigenvalue weighted by atomic mass is 10.1. The lowest BCUT2D eigenvalue weighted by Crippen LogP contribution is -2.36. The molecule has 2 aromatic carbocycles. The lowest BCUT2D eigenvalue weighted by molar-refractivity contribution is 0.0948. The van der Waals surface area contributed by atoms with Crippen LogP contribution in [0, 0.1) is 11.6 Å². The summed E-state index contributed by atoms with van der Waals surface area (Å²) in [4.78, 5) is 37.6. The number of halogens is 2. The van der Waals surface area contributed by atoms with Gasteiger partial charge in [-0.3, -0.25) is 14.6 Å². The summed E-state index contributed by atoms with van der Waals surface area (Å²) in [6.07, 6.45) is 5.35. The number of aromatic nitrogens is 3. The van der Waals surface area contributed by atoms with E-state index in [1.807, 2.05) is 18.2 Å². The first-order valence-corrected chi connectivity index (χ1v) is 12.9. The summed E-state index contributed by atoms with van der Waals surface area (Å²) in [6.45, 7) is 3.95. The fraction of sp³-hybridized carbons (Fsp3) is 0.310. The number of hydrogen-bond donors (Lipinski definition) is 2. The van der Waals surface area contributed by atoms with Crippen LogP contribution in [0.3, 0.4) is 0 Å². The molecule has 1 aliphatic heterocycles. The molecule has 2 N–H and O–H groups in total. The van der Waals surface area contributed by atoms with Gasteiger partial charge >= 0.3 is 0 Å². The van der Waals surface area contributed by atoms with E-state index in [2.05, 4.69) is 27.6 Å². The van der Waals surface area contributed by atoms with Gasteiger partial charge in [0.05, 0.1) is 23.3 Å². The van der Waals surface area contributed by atoms with E-state index in [0.717, 1.165) is 55.0 Å². The van der Waals surface area contributed by atoms with Crippen molar-refractivity contribution in [2.75, 3.05) is 25.5 Å². The number of fused-ring (bicyclic) bond motifs is 1. The third-order valence-electron chi connectivity index (χ3n) is 7.19. The summed E-state index contributed by atoms with van der Waals surface area (Å²) < 4.78 is 28.4. The third kappa shape index (κ3) is 5.96. The number of carbonyl (C=O) groups excluding carboxylic acids is 1. The number of anilines is 1. The fourth-order valence-corrected chi connectivity index (χ4v) is 4.80. The highest BCUT2D eigenvalue weighted by atomic mass is 19.2. The minimum atomic E-state index is -0.994. The summed E-state index contributed by atoms with van der Waals surface area (Å²) in [5, 5.41) is 6.27. The molecule has 1 fully saturated rings. The summed E-state index contributed by atoms with van der Waals surface area (Å²) in [5.41, 5.74) is 2.11. The van der Waals surface area contributed by atoms with Gasteiger partial charge in [0.2, 0.25) is 0 Å². The topological polar surface area (TPSA) is 92.2 Å². The number of nitrogens with zero attached hydrogens (tertiary/aromatic N) is 4. The van der Waals surface area contributed by atoms with Gasteiger partial charge in [-0.1, -0.05) is 12.1 Å². The summed E-state index contributed by atoms with van der Waals surface area (Å²) >= 11 is 0. The summed E-state index contributed by atoms with van der Waals surface area (Å²) in [7, 11) is 2.12. The van der Waals surface area contributed by atoms with E-state index in [4.69, 9.17) is 4.98 Å². The largest absolute Gasteiger partial charge is 0.366 e. The third-order valence-corrected chi connectivity index (χ3v) is 7.19. The Kier molecular flexibility index (Phi) is 7.65. The standard InChI is InChI=1S/C29H30F2N6O2/c1-18(20-6-7-23(30)24(31)15-20)37-11-3-4-22(29(37)39)28(38)33-16-19-5-8-25-26(14-19)35-27(17-32-25)34-21-9-12-36(2)13-10-21/h3-8,11,14-15,17-18,21H,9-10,12-13,16H2,1-2H3,(H,33,38)(H,34,35)/t18-/m1/s1. The first-order chi connectivity index (χ1) is 18.8. The highest BCUT2D eigenvalue weighted by molar-refractivity contribution is 5.93. The van der Waals surface area contributed by atoms with Gasteiger partial charge in [-0.05, 0) is 87.4 Å². The number of benzene rings is 2. The number of pyridine rings is 1. The molecule has 0 radical (unpaired) electrons. The monoisotopic (exact) mass is 532 g/mol. The molecule has 1 aliphatic rings. The molecule has 0 saturated carbocycles. The van der Waals surface area contributed by atoms with Crippen molar-refractivity contribution >= 4 is 22.8 Å². The number of likely N-dealkylation sites (tertiary alicyclic amines) is 1. The molecule has 202 valence electrons. The zero-order valence-electron chi connectivity index (χ0n) is 21.8. The van der Waals surface area contributed by atoms with Gasteiger partial charge < -0.3 is 20.1 Å². The zero-order valence-corrected chi connectivity index (χ0v) is 21.8. The van der Waals surface area contributed by atoms with E-state index in [0.29, 0.717) is 17.1 Å². The van der Waals surface area contributed by atoms with E-state index >= 15 is 0 Å². The van der Waals surface area contributed by atoms with E-state index in [1.54, 1.807) is 19.2 Å². The quantitative estimate of drug-likeness (QED) is 0.372. The minimum absolute atomic E-state index is 0.0443. The number of carbonyl (C=O) groups is 1. The van der Waals surface area contributed by atoms with Gasteiger partial charge in [-0.15, -0.1) is 0 Å². The van der Waals surface area contributed by atoms with Crippen LogP contribution < -0.4 is 16.2 Å². The van der Waals surface area contributed by atoms with Crippen molar-refractivity contribution in [1.29, 1.82) is 0 Å². The number of hydrogen-bond acceptors (Lipinski definition) is 6. The predicted molar refractivity (Wildman–Crippen MR) is 146 cm³/mol. The van der Waals surface area contributed by atoms with Crippen molar-refractivity contribution in [3.05, 3.63) is 99.6 Å². The van der Waals surface area contributed by atoms with Crippen LogP contribution >= 0.6 is 0 Å². The first-order valence-electron chi connectivity index (χ1n) is 12.9. The molecule has 2 aromatic heterocycles. The molecule has 39 heavy (non-hydrogen) atoms. The normalized spacial score (nSPS) is 15.3. The molecule has 0 spiro atoms. The lowest BCUT2D eigenvalue weighted by Gasteiger charge is -2.29. The molecule has 0 unspecified atom stereocenters. The molecular weight excluding hydrogens is 502 g/mol. The predicted octanol–water partition coefficient (Wildman–Crippen LogP) is 4.12. The Bertz CT molecular complexity index is 1570. The first kappa shape index (κ1) is 26.4. The molecule has 10 heteroatoms. The molecular formula is C29H30F2N6O2. The Hall–Kier alpha value is -4.18. The van der Waals surface area contributed by atoms with Crippen LogP contribution in [0.25, 0.3) is 11.0 Å². The zero-order chi connectivity index (χ0) is 27.5. The summed E-state index contributed by atoms with van der Waals surface area (Å²) in [5.74, 6) is -1.77. The number of rotatable bonds is 7. The molecule has 4 aromatic rings. The Morgan fingerprint density at radius 1 is 1.08 bits per heavy atom. The van der Waals surface area contributed by atoms with Gasteiger partial charge in [-0.2, -0.15) is 0 Å². The molecule has 1 saturated heterocycles. The number of piperidine rings is 1. The van der Waals surface area contributed by atoms with Crippen LogP contribution in [0.1, 0.15) is 47.3 Å². The van der Waals surface area contributed by atoms with Crippen molar-refractivity contribution < 1.29 is 13.6 Å². The second-order valence-corrected chi connectivity index (χ2v) is 9.97. The highest BCUT2D eigenvalue weighted by Crippen LogP contribution is 2.20. The molecule has 5 rings (SSSR count). The van der Waals surface area contributed by atoms with Crippen molar-refractivity contribution in [1.82, 2.24) is 24.8 Å². The van der Waals surface area contributed by atoms with Gasteiger partial charge in [0, 0.05) is 18.8 Å². The average Bonchev–Trinajstić information content (AvgIpc) is 2.94. The number of amides is 1. The molecule has 1 amide bonds. The van der Waals surface area contributed by atoms with Gasteiger partial charge in [-0.25, -0.2) is 13.8 Å². The fourth-order valence-electron chi connectivity index (χ4n) is 4.80. The van der Waals surface area contributed by atoms with Gasteiger partial charge in [0.15, 0.2) is 11.6 Å². The molecule has 3 heterocycles. The Balaban J connectivity index is 1.28. The van der Waals surface area contributed by atoms with Crippen LogP contribution in [0.4, 0.5) is 14.6 Å². The van der Waals surface area contributed by atoms with E-state index in [1.165, 1.54) is 22.9 Å². The second-order valence-electron chi connectivity index (χ2n) is 9.97. The minimum Gasteiger partial charge on any atom is -0.366 e. The molecule has 1 atom stereocenters. The molecule has 0 aliphatic carbocycles. The van der Waals surface area contributed by atoms with Crippen LogP contribution in [0.5, 0.6) is 0 Å². The van der Waals surface area contributed by atoms with Crippen LogP contribution in [-0.2, 0) is 6.54 Å². The van der Waals surface area contributed by atoms with Crippen LogP contribution in [-0.4, -0.2) is 51.5 Å². The van der Waals surface area contributed by atoms with E-state index in [9.17, 15) is 18.4 Å². The van der Waals surface area contributed by atoms with Gasteiger partial charge in [0.1, 0.15) is 11.4 Å². The Morgan fingerprint density at radius 2 is 1.87 bits per heavy atom. The second kappa shape index (κ2) is 11.3. The van der Waals surface area contributed by atoms with Gasteiger partial charge in [0.25, 0.3) is 11.5 Å². The van der Waals surface area contributed by atoms with Crippen LogP contribution in [0.2, 0.25) is 0 Å². The Labute approximate surface area is 224 Å². The average molecular weight is 533 g/mol. The Morgan fingerprint density at radius 3 is 2.64 bits per heavy atom. The maximum atomic E-state index is 13.7. The maximum absolute atomic E-state index is 13.7. The maximum Gasteiger partial charge on any atom is 0.263 e.